The Kier molecular flexibility index (Phi) is 5.74. The second-order valence-electron chi connectivity index (χ2n) is 6.22. The van der Waals surface area contributed by atoms with Crippen molar-refractivity contribution >= 4 is 40.1 Å². The van der Waals surface area contributed by atoms with Crippen molar-refractivity contribution in [2.75, 3.05) is 13.1 Å². The quantitative estimate of drug-likeness (QED) is 0.557. The Hall–Kier alpha value is -2.89. The Morgan fingerprint density at radius 2 is 1.74 bits per heavy atom. The monoisotopic (exact) mass is 380 g/mol. The maximum absolute atomic E-state index is 12.2. The second-order valence-corrected chi connectivity index (χ2v) is 6.22. The van der Waals surface area contributed by atoms with Crippen molar-refractivity contribution in [3.05, 3.63) is 78.1 Å². The zero-order valence-corrected chi connectivity index (χ0v) is 15.6. The fourth-order valence-electron chi connectivity index (χ4n) is 3.28. The van der Waals surface area contributed by atoms with E-state index in [9.17, 15) is 4.79 Å². The number of rotatable bonds is 5. The third kappa shape index (κ3) is 3.65. The van der Waals surface area contributed by atoms with Crippen LogP contribution in [0.4, 0.5) is 0 Å². The first-order chi connectivity index (χ1) is 12.8. The maximum atomic E-state index is 12.2. The van der Waals surface area contributed by atoms with Crippen LogP contribution in [0.15, 0.2) is 66.9 Å². The molecule has 0 saturated carbocycles. The number of nitrogens with two attached hydrogens (primary N) is 1. The van der Waals surface area contributed by atoms with E-state index < -0.39 is 0 Å². The molecule has 0 aliphatic rings. The molecule has 2 aromatic heterocycles. The largest absolute Gasteiger partial charge is 0.349 e. The van der Waals surface area contributed by atoms with E-state index in [1.807, 2.05) is 36.4 Å². The lowest BCUT2D eigenvalue weighted by Crippen LogP contribution is -2.29. The van der Waals surface area contributed by atoms with Crippen LogP contribution in [0, 0.1) is 0 Å². The highest BCUT2D eigenvalue weighted by atomic mass is 35.5. The molecule has 2 heterocycles. The minimum Gasteiger partial charge on any atom is -0.349 e. The number of nitrogens with one attached hydrogen (secondary N) is 1. The summed E-state index contributed by atoms with van der Waals surface area (Å²) in [5.41, 5.74) is 9.24. The molecule has 5 nitrogen and oxygen atoms in total. The van der Waals surface area contributed by atoms with Crippen LogP contribution in [0.5, 0.6) is 0 Å². The Morgan fingerprint density at radius 1 is 1.00 bits per heavy atom. The summed E-state index contributed by atoms with van der Waals surface area (Å²) < 4.78 is 2.24. The lowest BCUT2D eigenvalue weighted by molar-refractivity contribution is 0.0950. The van der Waals surface area contributed by atoms with Gasteiger partial charge in [-0.25, -0.2) is 4.98 Å². The molecule has 0 spiro atoms. The maximum Gasteiger partial charge on any atom is 0.269 e. The normalized spacial score (nSPS) is 10.7. The molecule has 0 radical (unpaired) electrons. The van der Waals surface area contributed by atoms with Crippen LogP contribution >= 0.6 is 12.4 Å². The summed E-state index contributed by atoms with van der Waals surface area (Å²) >= 11 is 0. The number of fused-ring (bicyclic) bond motifs is 3. The number of carbonyl (C=O) groups excluding carboxylic acids is 1. The van der Waals surface area contributed by atoms with Crippen molar-refractivity contribution in [3.63, 3.8) is 0 Å². The Balaban J connectivity index is 0.00000210. The molecule has 0 bridgehead atoms. The van der Waals surface area contributed by atoms with Gasteiger partial charge in [0.2, 0.25) is 0 Å². The smallest absolute Gasteiger partial charge is 0.269 e. The molecule has 1 amide bonds. The SMILES string of the molecule is Cl.NCCNC(=O)c1cc2c3ccccc3n(Cc3ccccc3)c2cn1. The van der Waals surface area contributed by atoms with Crippen LogP contribution in [-0.4, -0.2) is 28.5 Å². The molecule has 0 atom stereocenters. The first-order valence-electron chi connectivity index (χ1n) is 8.67. The van der Waals surface area contributed by atoms with Crippen molar-refractivity contribution in [2.24, 2.45) is 5.73 Å². The summed E-state index contributed by atoms with van der Waals surface area (Å²) in [5.74, 6) is -0.197. The molecule has 4 aromatic rings. The molecule has 0 saturated heterocycles. The molecule has 27 heavy (non-hydrogen) atoms. The van der Waals surface area contributed by atoms with E-state index in [2.05, 4.69) is 39.1 Å². The summed E-state index contributed by atoms with van der Waals surface area (Å²) in [4.78, 5) is 16.6. The molecule has 0 unspecified atom stereocenters. The summed E-state index contributed by atoms with van der Waals surface area (Å²) in [6, 6.07) is 20.4. The number of amides is 1. The van der Waals surface area contributed by atoms with E-state index in [4.69, 9.17) is 5.73 Å². The number of carbonyl (C=O) groups is 1. The van der Waals surface area contributed by atoms with Gasteiger partial charge in [0.05, 0.1) is 11.7 Å². The zero-order chi connectivity index (χ0) is 17.9. The Bertz CT molecular complexity index is 1080. The molecular formula is C21H21ClN4O. The number of nitrogens with zero attached hydrogens (tertiary/aromatic N) is 2. The van der Waals surface area contributed by atoms with Crippen molar-refractivity contribution < 1.29 is 4.79 Å². The van der Waals surface area contributed by atoms with Crippen LogP contribution in [0.3, 0.4) is 0 Å². The van der Waals surface area contributed by atoms with Gasteiger partial charge in [-0.1, -0.05) is 48.5 Å². The highest BCUT2D eigenvalue weighted by molar-refractivity contribution is 6.09. The summed E-state index contributed by atoms with van der Waals surface area (Å²) in [5, 5.41) is 4.93. The Labute approximate surface area is 163 Å². The van der Waals surface area contributed by atoms with E-state index in [0.29, 0.717) is 18.8 Å². The van der Waals surface area contributed by atoms with Gasteiger partial charge in [-0.05, 0) is 17.7 Å². The average molecular weight is 381 g/mol. The summed E-state index contributed by atoms with van der Waals surface area (Å²) in [6.45, 7) is 1.60. The van der Waals surface area contributed by atoms with E-state index in [1.165, 1.54) is 5.56 Å². The van der Waals surface area contributed by atoms with Gasteiger partial charge in [0.1, 0.15) is 5.69 Å². The fourth-order valence-corrected chi connectivity index (χ4v) is 3.28. The minimum absolute atomic E-state index is 0. The molecule has 0 aliphatic carbocycles. The van der Waals surface area contributed by atoms with Crippen molar-refractivity contribution in [1.29, 1.82) is 0 Å². The number of halogens is 1. The lowest BCUT2D eigenvalue weighted by atomic mass is 10.1. The van der Waals surface area contributed by atoms with Crippen LogP contribution in [0.25, 0.3) is 21.8 Å². The number of pyridine rings is 1. The Morgan fingerprint density at radius 3 is 2.52 bits per heavy atom. The van der Waals surface area contributed by atoms with Gasteiger partial charge >= 0.3 is 0 Å². The number of benzene rings is 2. The lowest BCUT2D eigenvalue weighted by Gasteiger charge is -2.08. The first-order valence-corrected chi connectivity index (χ1v) is 8.67. The predicted molar refractivity (Wildman–Crippen MR) is 111 cm³/mol. The zero-order valence-electron chi connectivity index (χ0n) is 14.8. The highest BCUT2D eigenvalue weighted by Crippen LogP contribution is 2.29. The van der Waals surface area contributed by atoms with Crippen LogP contribution in [0.2, 0.25) is 0 Å². The van der Waals surface area contributed by atoms with Gasteiger partial charge in [-0.3, -0.25) is 4.79 Å². The molecule has 3 N–H and O–H groups in total. The van der Waals surface area contributed by atoms with Gasteiger partial charge in [-0.2, -0.15) is 0 Å². The predicted octanol–water partition coefficient (Wildman–Crippen LogP) is 3.35. The standard InChI is InChI=1S/C21H20N4O.ClH/c22-10-11-23-21(26)18-12-17-16-8-4-5-9-19(16)25(20(17)13-24-18)14-15-6-2-1-3-7-15;/h1-9,12-13H,10-11,14,22H2,(H,23,26);1H. The van der Waals surface area contributed by atoms with Gasteiger partial charge in [0, 0.05) is 35.9 Å². The number of para-hydroxylation sites is 1. The highest BCUT2D eigenvalue weighted by Gasteiger charge is 2.14. The molecule has 4 rings (SSSR count). The minimum atomic E-state index is -0.197. The van der Waals surface area contributed by atoms with Crippen LogP contribution < -0.4 is 11.1 Å². The molecule has 138 valence electrons. The number of hydrogen-bond donors (Lipinski definition) is 2. The van der Waals surface area contributed by atoms with Gasteiger partial charge in [0.25, 0.3) is 5.91 Å². The summed E-state index contributed by atoms with van der Waals surface area (Å²) in [7, 11) is 0. The molecular weight excluding hydrogens is 360 g/mol. The first kappa shape index (κ1) is 18.9. The van der Waals surface area contributed by atoms with Crippen molar-refractivity contribution in [2.45, 2.75) is 6.54 Å². The number of aromatic nitrogens is 2. The van der Waals surface area contributed by atoms with Crippen molar-refractivity contribution in [1.82, 2.24) is 14.9 Å². The molecule has 2 aromatic carbocycles. The van der Waals surface area contributed by atoms with Gasteiger partial charge in [0.15, 0.2) is 0 Å². The molecule has 0 fully saturated rings. The van der Waals surface area contributed by atoms with Crippen molar-refractivity contribution in [3.8, 4) is 0 Å². The van der Waals surface area contributed by atoms with Gasteiger partial charge < -0.3 is 15.6 Å². The van der Waals surface area contributed by atoms with Gasteiger partial charge in [-0.15, -0.1) is 12.4 Å². The fraction of sp³-hybridized carbons (Fsp3) is 0.143. The third-order valence-corrected chi connectivity index (χ3v) is 4.50. The second kappa shape index (κ2) is 8.20. The van der Waals surface area contributed by atoms with Crippen LogP contribution in [-0.2, 0) is 6.54 Å². The summed E-state index contributed by atoms with van der Waals surface area (Å²) in [6.07, 6.45) is 1.79. The third-order valence-electron chi connectivity index (χ3n) is 4.50. The average Bonchev–Trinajstić information content (AvgIpc) is 3.00. The van der Waals surface area contributed by atoms with Crippen LogP contribution in [0.1, 0.15) is 16.1 Å². The molecule has 0 aliphatic heterocycles. The number of hydrogen-bond acceptors (Lipinski definition) is 3. The topological polar surface area (TPSA) is 72.9 Å². The van der Waals surface area contributed by atoms with E-state index in [1.54, 1.807) is 6.20 Å². The van der Waals surface area contributed by atoms with E-state index in [0.717, 1.165) is 28.4 Å². The van der Waals surface area contributed by atoms with E-state index >= 15 is 0 Å². The van der Waals surface area contributed by atoms with E-state index in [-0.39, 0.29) is 18.3 Å². The molecule has 6 heteroatoms.